The average molecular weight is 419 g/mol. The molecule has 0 aromatic heterocycles. The topological polar surface area (TPSA) is 110 Å². The third-order valence-corrected chi connectivity index (χ3v) is 5.92. The quantitative estimate of drug-likeness (QED) is 0.410. The fourth-order valence-corrected chi connectivity index (χ4v) is 4.05. The minimum Gasteiger partial charge on any atom is -0.496 e. The fourth-order valence-electron chi connectivity index (χ4n) is 3.22. The molecule has 29 heavy (non-hydrogen) atoms. The minimum absolute atomic E-state index is 0.0915. The lowest BCUT2D eigenvalue weighted by atomic mass is 9.99. The molecule has 1 aromatic carbocycles. The first-order chi connectivity index (χ1) is 13.8. The number of carbonyl (C=O) groups is 3. The molecular weight excluding hydrogens is 398 g/mol. The number of imide groups is 1. The number of rotatable bonds is 5. The molecule has 2 heterocycles. The van der Waals surface area contributed by atoms with Gasteiger partial charge in [0.25, 0.3) is 16.8 Å². The zero-order valence-corrected chi connectivity index (χ0v) is 16.9. The van der Waals surface area contributed by atoms with Crippen LogP contribution in [0.5, 0.6) is 5.75 Å². The fraction of sp³-hybridized carbons (Fsp3) is 0.421. The molecule has 0 N–H and O–H groups in total. The van der Waals surface area contributed by atoms with Crippen LogP contribution >= 0.6 is 11.8 Å². The van der Waals surface area contributed by atoms with Gasteiger partial charge in [-0.3, -0.25) is 29.4 Å². The van der Waals surface area contributed by atoms with E-state index in [4.69, 9.17) is 4.74 Å². The molecule has 1 aromatic rings. The van der Waals surface area contributed by atoms with Gasteiger partial charge in [0.2, 0.25) is 5.91 Å². The van der Waals surface area contributed by atoms with E-state index in [1.807, 2.05) is 0 Å². The summed E-state index contributed by atoms with van der Waals surface area (Å²) in [5.74, 6) is 0.0469. The molecular formula is C19H21N3O6S. The van der Waals surface area contributed by atoms with Crippen LogP contribution in [0.3, 0.4) is 0 Å². The molecule has 0 saturated carbocycles. The molecule has 3 amide bonds. The number of nitro groups is 1. The normalized spacial score (nSPS) is 19.2. The van der Waals surface area contributed by atoms with Gasteiger partial charge in [0.05, 0.1) is 16.9 Å². The van der Waals surface area contributed by atoms with Crippen LogP contribution in [0.4, 0.5) is 10.5 Å². The van der Waals surface area contributed by atoms with E-state index < -0.39 is 16.1 Å². The van der Waals surface area contributed by atoms with Crippen LogP contribution < -0.4 is 4.74 Å². The van der Waals surface area contributed by atoms with Crippen molar-refractivity contribution in [2.45, 2.75) is 19.8 Å². The SMILES string of the molecule is COc1ccc([N+](=O)[O-])cc1C=C1SC(=O)N(CC(=O)N2CCC(C)CC2)C1=O. The number of benzene rings is 1. The van der Waals surface area contributed by atoms with E-state index in [9.17, 15) is 24.5 Å². The van der Waals surface area contributed by atoms with E-state index in [1.165, 1.54) is 31.4 Å². The van der Waals surface area contributed by atoms with Gasteiger partial charge < -0.3 is 9.64 Å². The second kappa shape index (κ2) is 8.64. The van der Waals surface area contributed by atoms with E-state index in [2.05, 4.69) is 6.92 Å². The molecule has 0 bridgehead atoms. The molecule has 0 atom stereocenters. The molecule has 0 unspecified atom stereocenters. The van der Waals surface area contributed by atoms with E-state index >= 15 is 0 Å². The standard InChI is InChI=1S/C19H21N3O6S/c1-12-5-7-20(8-6-12)17(23)11-21-18(24)16(29-19(21)25)10-13-9-14(22(26)27)3-4-15(13)28-2/h3-4,9-10,12H,5-8,11H2,1-2H3. The number of non-ortho nitro benzene ring substituents is 1. The van der Waals surface area contributed by atoms with Crippen LogP contribution in [0.1, 0.15) is 25.3 Å². The van der Waals surface area contributed by atoms with Crippen molar-refractivity contribution in [3.63, 3.8) is 0 Å². The smallest absolute Gasteiger partial charge is 0.294 e. The van der Waals surface area contributed by atoms with Gasteiger partial charge in [-0.05, 0) is 42.7 Å². The van der Waals surface area contributed by atoms with Crippen molar-refractivity contribution in [2.75, 3.05) is 26.7 Å². The zero-order chi connectivity index (χ0) is 21.1. The Bertz CT molecular complexity index is 892. The number of nitrogens with zero attached hydrogens (tertiary/aromatic N) is 3. The Morgan fingerprint density at radius 1 is 1.34 bits per heavy atom. The number of piperidine rings is 1. The Morgan fingerprint density at radius 2 is 2.03 bits per heavy atom. The van der Waals surface area contributed by atoms with E-state index in [0.717, 1.165) is 17.7 Å². The molecule has 0 aliphatic carbocycles. The summed E-state index contributed by atoms with van der Waals surface area (Å²) >= 11 is 0.701. The molecule has 0 radical (unpaired) electrons. The van der Waals surface area contributed by atoms with Gasteiger partial charge in [0, 0.05) is 30.8 Å². The number of thioether (sulfide) groups is 1. The van der Waals surface area contributed by atoms with Crippen molar-refractivity contribution in [1.82, 2.24) is 9.80 Å². The Hall–Kier alpha value is -2.88. The molecule has 154 valence electrons. The highest BCUT2D eigenvalue weighted by Crippen LogP contribution is 2.35. The maximum atomic E-state index is 12.7. The summed E-state index contributed by atoms with van der Waals surface area (Å²) in [5.41, 5.74) is 0.148. The first-order valence-corrected chi connectivity index (χ1v) is 9.97. The van der Waals surface area contributed by atoms with Crippen molar-refractivity contribution in [3.8, 4) is 5.75 Å². The maximum absolute atomic E-state index is 12.7. The Balaban J connectivity index is 1.77. The van der Waals surface area contributed by atoms with E-state index in [1.54, 1.807) is 4.90 Å². The summed E-state index contributed by atoms with van der Waals surface area (Å²) in [6.45, 7) is 3.07. The monoisotopic (exact) mass is 419 g/mol. The molecule has 2 aliphatic rings. The Labute approximate surface area is 171 Å². The van der Waals surface area contributed by atoms with Crippen LogP contribution in [-0.2, 0) is 9.59 Å². The van der Waals surface area contributed by atoms with Crippen LogP contribution in [0, 0.1) is 16.0 Å². The van der Waals surface area contributed by atoms with Crippen molar-refractivity contribution in [1.29, 1.82) is 0 Å². The Morgan fingerprint density at radius 3 is 2.66 bits per heavy atom. The van der Waals surface area contributed by atoms with Gasteiger partial charge >= 0.3 is 0 Å². The number of ether oxygens (including phenoxy) is 1. The lowest BCUT2D eigenvalue weighted by Crippen LogP contribution is -2.45. The average Bonchev–Trinajstić information content (AvgIpc) is 2.95. The van der Waals surface area contributed by atoms with Crippen molar-refractivity contribution >= 4 is 40.6 Å². The summed E-state index contributed by atoms with van der Waals surface area (Å²) in [4.78, 5) is 50.6. The summed E-state index contributed by atoms with van der Waals surface area (Å²) in [6.07, 6.45) is 3.18. The summed E-state index contributed by atoms with van der Waals surface area (Å²) < 4.78 is 5.18. The Kier molecular flexibility index (Phi) is 6.21. The van der Waals surface area contributed by atoms with Gasteiger partial charge in [0.1, 0.15) is 12.3 Å². The van der Waals surface area contributed by atoms with Gasteiger partial charge in [-0.15, -0.1) is 0 Å². The number of carbonyl (C=O) groups excluding carboxylic acids is 3. The third kappa shape index (κ3) is 4.58. The molecule has 10 heteroatoms. The maximum Gasteiger partial charge on any atom is 0.294 e. The van der Waals surface area contributed by atoms with Gasteiger partial charge in [0.15, 0.2) is 0 Å². The van der Waals surface area contributed by atoms with E-state index in [0.29, 0.717) is 42.1 Å². The predicted molar refractivity (Wildman–Crippen MR) is 107 cm³/mol. The second-order valence-electron chi connectivity index (χ2n) is 7.01. The number of methoxy groups -OCH3 is 1. The van der Waals surface area contributed by atoms with Gasteiger partial charge in [-0.25, -0.2) is 0 Å². The summed E-state index contributed by atoms with van der Waals surface area (Å²) in [6, 6.07) is 3.99. The van der Waals surface area contributed by atoms with Crippen LogP contribution in [0.15, 0.2) is 23.1 Å². The minimum atomic E-state index is -0.590. The highest BCUT2D eigenvalue weighted by Gasteiger charge is 2.37. The zero-order valence-electron chi connectivity index (χ0n) is 16.1. The lowest BCUT2D eigenvalue weighted by molar-refractivity contribution is -0.384. The lowest BCUT2D eigenvalue weighted by Gasteiger charge is -2.31. The first-order valence-electron chi connectivity index (χ1n) is 9.15. The summed E-state index contributed by atoms with van der Waals surface area (Å²) in [5, 5.41) is 10.5. The van der Waals surface area contributed by atoms with Crippen LogP contribution in [0.25, 0.3) is 6.08 Å². The van der Waals surface area contributed by atoms with E-state index in [-0.39, 0.29) is 23.0 Å². The van der Waals surface area contributed by atoms with Crippen molar-refractivity contribution in [3.05, 3.63) is 38.8 Å². The largest absolute Gasteiger partial charge is 0.496 e. The van der Waals surface area contributed by atoms with Crippen molar-refractivity contribution < 1.29 is 24.0 Å². The number of hydrogen-bond donors (Lipinski definition) is 0. The first kappa shape index (κ1) is 20.8. The van der Waals surface area contributed by atoms with Crippen LogP contribution in [-0.4, -0.2) is 58.5 Å². The molecule has 2 aliphatic heterocycles. The highest BCUT2D eigenvalue weighted by molar-refractivity contribution is 8.18. The number of nitro benzene ring substituents is 1. The summed E-state index contributed by atoms with van der Waals surface area (Å²) in [7, 11) is 1.41. The molecule has 2 fully saturated rings. The number of likely N-dealkylation sites (tertiary alicyclic amines) is 1. The molecule has 0 spiro atoms. The van der Waals surface area contributed by atoms with Crippen molar-refractivity contribution in [2.24, 2.45) is 5.92 Å². The second-order valence-corrected chi connectivity index (χ2v) is 8.01. The third-order valence-electron chi connectivity index (χ3n) is 5.01. The number of hydrogen-bond acceptors (Lipinski definition) is 7. The van der Waals surface area contributed by atoms with Gasteiger partial charge in [-0.2, -0.15) is 0 Å². The predicted octanol–water partition coefficient (Wildman–Crippen LogP) is 2.90. The van der Waals surface area contributed by atoms with Crippen LogP contribution in [0.2, 0.25) is 0 Å². The highest BCUT2D eigenvalue weighted by atomic mass is 32.2. The number of amides is 3. The molecule has 3 rings (SSSR count). The molecule has 9 nitrogen and oxygen atoms in total. The van der Waals surface area contributed by atoms with Gasteiger partial charge in [-0.1, -0.05) is 6.92 Å². The molecule has 2 saturated heterocycles.